The number of alkyl halides is 3. The molecule has 0 aliphatic heterocycles. The summed E-state index contributed by atoms with van der Waals surface area (Å²) >= 11 is 0. The first kappa shape index (κ1) is 12.1. The minimum absolute atomic E-state index is 0.207. The molecule has 1 rings (SSSR count). The van der Waals surface area contributed by atoms with Crippen LogP contribution in [0.25, 0.3) is 0 Å². The van der Waals surface area contributed by atoms with Gasteiger partial charge in [0.2, 0.25) is 0 Å². The van der Waals surface area contributed by atoms with Gasteiger partial charge in [-0.25, -0.2) is 0 Å². The molecule has 82 valence electrons. The first-order chi connectivity index (χ1) is 6.77. The maximum absolute atomic E-state index is 12.5. The fraction of sp³-hybridized carbons (Fsp3) is 0.455. The third kappa shape index (κ3) is 2.77. The van der Waals surface area contributed by atoms with Crippen LogP contribution in [-0.4, -0.2) is 7.85 Å². The summed E-state index contributed by atoms with van der Waals surface area (Å²) in [6.07, 6.45) is -3.44. The molecule has 0 bridgehead atoms. The number of rotatable bonds is 2. The molecular formula is C11H14BF3. The average Bonchev–Trinajstić information content (AvgIpc) is 2.17. The Balaban J connectivity index is 3.14. The lowest BCUT2D eigenvalue weighted by Crippen LogP contribution is -2.21. The molecule has 1 aromatic carbocycles. The van der Waals surface area contributed by atoms with Crippen molar-refractivity contribution in [3.8, 4) is 0 Å². The van der Waals surface area contributed by atoms with Gasteiger partial charge in [-0.3, -0.25) is 0 Å². The molecule has 0 heterocycles. The van der Waals surface area contributed by atoms with Gasteiger partial charge < -0.3 is 0 Å². The van der Waals surface area contributed by atoms with Gasteiger partial charge in [-0.15, -0.1) is 0 Å². The molecule has 0 spiro atoms. The lowest BCUT2D eigenvalue weighted by atomic mass is 9.64. The van der Waals surface area contributed by atoms with Gasteiger partial charge in [0, 0.05) is 0 Å². The van der Waals surface area contributed by atoms with Crippen molar-refractivity contribution in [2.24, 2.45) is 0 Å². The molecule has 0 nitrogen and oxygen atoms in total. The summed E-state index contributed by atoms with van der Waals surface area (Å²) in [5.41, 5.74) is 0.168. The molecular weight excluding hydrogens is 200 g/mol. The van der Waals surface area contributed by atoms with E-state index < -0.39 is 11.7 Å². The Morgan fingerprint density at radius 1 is 1.20 bits per heavy atom. The van der Waals surface area contributed by atoms with Crippen LogP contribution >= 0.6 is 0 Å². The third-order valence-electron chi connectivity index (χ3n) is 2.86. The van der Waals surface area contributed by atoms with Crippen molar-refractivity contribution in [2.45, 2.75) is 31.8 Å². The zero-order valence-corrected chi connectivity index (χ0v) is 9.15. The minimum atomic E-state index is -4.25. The average molecular weight is 214 g/mol. The Hall–Kier alpha value is -0.925. The second-order valence-corrected chi connectivity index (χ2v) is 4.32. The second-order valence-electron chi connectivity index (χ2n) is 4.32. The first-order valence-electron chi connectivity index (χ1n) is 4.95. The van der Waals surface area contributed by atoms with Gasteiger partial charge >= 0.3 is 6.18 Å². The molecule has 1 aromatic rings. The fourth-order valence-electron chi connectivity index (χ4n) is 1.32. The van der Waals surface area contributed by atoms with E-state index in [0.717, 1.165) is 18.1 Å². The Morgan fingerprint density at radius 2 is 1.73 bits per heavy atom. The van der Waals surface area contributed by atoms with E-state index >= 15 is 0 Å². The van der Waals surface area contributed by atoms with Crippen LogP contribution < -0.4 is 0 Å². The smallest absolute Gasteiger partial charge is 0.166 e. The Kier molecular flexibility index (Phi) is 3.17. The molecule has 1 unspecified atom stereocenters. The zero-order valence-electron chi connectivity index (χ0n) is 9.15. The van der Waals surface area contributed by atoms with Crippen LogP contribution in [0, 0.1) is 0 Å². The lowest BCUT2D eigenvalue weighted by molar-refractivity contribution is -0.137. The number of halogens is 3. The van der Waals surface area contributed by atoms with Crippen LogP contribution in [0.1, 0.15) is 31.4 Å². The van der Waals surface area contributed by atoms with Crippen molar-refractivity contribution in [3.63, 3.8) is 0 Å². The number of hydrogen-bond donors (Lipinski definition) is 0. The predicted molar refractivity (Wildman–Crippen MR) is 57.6 cm³/mol. The van der Waals surface area contributed by atoms with Gasteiger partial charge in [0.05, 0.1) is 5.56 Å². The molecule has 4 heteroatoms. The van der Waals surface area contributed by atoms with Crippen molar-refractivity contribution in [1.82, 2.24) is 0 Å². The third-order valence-corrected chi connectivity index (χ3v) is 2.86. The standard InChI is InChI=1S/C11H14BF3/c1-3-10(2,12)8-5-4-6-9(7-8)11(13,14)15/h4-7H,3,12H2,1-2H3. The summed E-state index contributed by atoms with van der Waals surface area (Å²) < 4.78 is 37.4. The largest absolute Gasteiger partial charge is 0.416 e. The summed E-state index contributed by atoms with van der Waals surface area (Å²) in [5.74, 6) is 0. The normalized spacial score (nSPS) is 16.1. The number of hydrogen-bond acceptors (Lipinski definition) is 0. The van der Waals surface area contributed by atoms with Gasteiger partial charge in [0.15, 0.2) is 0 Å². The molecule has 0 saturated heterocycles. The quantitative estimate of drug-likeness (QED) is 0.664. The molecule has 0 aliphatic carbocycles. The summed E-state index contributed by atoms with van der Waals surface area (Å²) in [5, 5.41) is -0.207. The Morgan fingerprint density at radius 3 is 2.20 bits per heavy atom. The van der Waals surface area contributed by atoms with Crippen LogP contribution in [0.3, 0.4) is 0 Å². The monoisotopic (exact) mass is 214 g/mol. The molecule has 1 atom stereocenters. The van der Waals surface area contributed by atoms with E-state index in [1.807, 2.05) is 21.7 Å². The van der Waals surface area contributed by atoms with Gasteiger partial charge in [-0.05, 0) is 16.9 Å². The van der Waals surface area contributed by atoms with Crippen molar-refractivity contribution in [1.29, 1.82) is 0 Å². The van der Waals surface area contributed by atoms with Crippen molar-refractivity contribution < 1.29 is 13.2 Å². The highest BCUT2D eigenvalue weighted by Crippen LogP contribution is 2.32. The molecule has 0 fully saturated rings. The van der Waals surface area contributed by atoms with Gasteiger partial charge in [-0.2, -0.15) is 13.2 Å². The van der Waals surface area contributed by atoms with Crippen LogP contribution in [0.2, 0.25) is 0 Å². The van der Waals surface area contributed by atoms with E-state index in [1.54, 1.807) is 6.07 Å². The molecule has 0 aliphatic rings. The lowest BCUT2D eigenvalue weighted by Gasteiger charge is -2.24. The van der Waals surface area contributed by atoms with Crippen LogP contribution in [-0.2, 0) is 11.5 Å². The van der Waals surface area contributed by atoms with E-state index in [0.29, 0.717) is 0 Å². The Bertz CT molecular complexity index is 342. The summed E-state index contributed by atoms with van der Waals surface area (Å²) in [4.78, 5) is 0. The fourth-order valence-corrected chi connectivity index (χ4v) is 1.32. The van der Waals surface area contributed by atoms with Gasteiger partial charge in [-0.1, -0.05) is 38.5 Å². The number of benzene rings is 1. The maximum Gasteiger partial charge on any atom is 0.416 e. The second kappa shape index (κ2) is 3.91. The SMILES string of the molecule is BC(C)(CC)c1cccc(C(F)(F)F)c1. The summed E-state index contributed by atoms with van der Waals surface area (Å²) in [6, 6.07) is 5.56. The molecule has 0 aromatic heterocycles. The van der Waals surface area contributed by atoms with Crippen molar-refractivity contribution in [3.05, 3.63) is 35.4 Å². The maximum atomic E-state index is 12.5. The Labute approximate surface area is 88.9 Å². The highest BCUT2D eigenvalue weighted by molar-refractivity contribution is 6.15. The van der Waals surface area contributed by atoms with E-state index in [1.165, 1.54) is 12.1 Å². The topological polar surface area (TPSA) is 0 Å². The van der Waals surface area contributed by atoms with Crippen LogP contribution in [0.5, 0.6) is 0 Å². The van der Waals surface area contributed by atoms with Gasteiger partial charge in [0.25, 0.3) is 0 Å². The van der Waals surface area contributed by atoms with E-state index in [4.69, 9.17) is 0 Å². The molecule has 0 radical (unpaired) electrons. The van der Waals surface area contributed by atoms with E-state index in [2.05, 4.69) is 0 Å². The first-order valence-corrected chi connectivity index (χ1v) is 4.95. The van der Waals surface area contributed by atoms with Crippen molar-refractivity contribution >= 4 is 7.85 Å². The van der Waals surface area contributed by atoms with Crippen LogP contribution in [0.15, 0.2) is 24.3 Å². The highest BCUT2D eigenvalue weighted by Gasteiger charge is 2.31. The predicted octanol–water partition coefficient (Wildman–Crippen LogP) is 2.96. The minimum Gasteiger partial charge on any atom is -0.166 e. The summed E-state index contributed by atoms with van der Waals surface area (Å²) in [7, 11) is 1.95. The van der Waals surface area contributed by atoms with Gasteiger partial charge in [0.1, 0.15) is 7.85 Å². The van der Waals surface area contributed by atoms with Crippen LogP contribution in [0.4, 0.5) is 13.2 Å². The van der Waals surface area contributed by atoms with E-state index in [9.17, 15) is 13.2 Å². The molecule has 0 saturated carbocycles. The molecule has 0 amide bonds. The summed E-state index contributed by atoms with van der Waals surface area (Å²) in [6.45, 7) is 3.92. The van der Waals surface area contributed by atoms with Crippen molar-refractivity contribution in [2.75, 3.05) is 0 Å². The highest BCUT2D eigenvalue weighted by atomic mass is 19.4. The zero-order chi connectivity index (χ0) is 11.7. The van der Waals surface area contributed by atoms with E-state index in [-0.39, 0.29) is 5.31 Å². The molecule has 0 N–H and O–H groups in total. The molecule has 15 heavy (non-hydrogen) atoms.